The van der Waals surface area contributed by atoms with Crippen molar-refractivity contribution in [2.75, 3.05) is 13.7 Å². The number of hydrogen-bond acceptors (Lipinski definition) is 2. The minimum atomic E-state index is -0.328. The smallest absolute Gasteiger partial charge is 0.0652 e. The normalized spacial score (nSPS) is 15.4. The van der Waals surface area contributed by atoms with Gasteiger partial charge in [0, 0.05) is 0 Å². The molecule has 0 saturated heterocycles. The molecule has 0 aliphatic carbocycles. The zero-order chi connectivity index (χ0) is 9.90. The van der Waals surface area contributed by atoms with E-state index in [0.29, 0.717) is 0 Å². The maximum atomic E-state index is 9.30. The van der Waals surface area contributed by atoms with Crippen LogP contribution in [0.25, 0.3) is 0 Å². The van der Waals surface area contributed by atoms with Crippen LogP contribution in [0.3, 0.4) is 0 Å². The van der Waals surface area contributed by atoms with Crippen LogP contribution in [-0.4, -0.2) is 18.8 Å². The summed E-state index contributed by atoms with van der Waals surface area (Å²) >= 11 is 0. The Kier molecular flexibility index (Phi) is 3.07. The van der Waals surface area contributed by atoms with E-state index in [9.17, 15) is 5.11 Å². The Morgan fingerprint density at radius 2 is 2.00 bits per heavy atom. The lowest BCUT2D eigenvalue weighted by Gasteiger charge is -2.28. The van der Waals surface area contributed by atoms with E-state index in [0.717, 1.165) is 5.56 Å². The molecule has 1 rings (SSSR count). The zero-order valence-corrected chi connectivity index (χ0v) is 8.46. The van der Waals surface area contributed by atoms with Gasteiger partial charge in [-0.15, -0.1) is 0 Å². The molecule has 1 unspecified atom stereocenters. The molecule has 0 aliphatic rings. The van der Waals surface area contributed by atoms with Crippen molar-refractivity contribution in [3.8, 4) is 0 Å². The molecule has 1 aromatic carbocycles. The molecular formula is C11H17NO. The quantitative estimate of drug-likeness (QED) is 0.735. The fourth-order valence-corrected chi connectivity index (χ4v) is 1.49. The van der Waals surface area contributed by atoms with Crippen molar-refractivity contribution in [2.45, 2.75) is 19.4 Å². The average Bonchev–Trinajstić information content (AvgIpc) is 2.17. The summed E-state index contributed by atoms with van der Waals surface area (Å²) in [6, 6.07) is 8.10. The van der Waals surface area contributed by atoms with Crippen LogP contribution in [-0.2, 0) is 5.54 Å². The number of nitrogens with one attached hydrogen (secondary N) is 1. The number of aryl methyl sites for hydroxylation is 1. The van der Waals surface area contributed by atoms with E-state index in [1.165, 1.54) is 5.56 Å². The van der Waals surface area contributed by atoms with Gasteiger partial charge in [-0.1, -0.05) is 24.3 Å². The van der Waals surface area contributed by atoms with Gasteiger partial charge in [0.15, 0.2) is 0 Å². The zero-order valence-electron chi connectivity index (χ0n) is 8.46. The van der Waals surface area contributed by atoms with E-state index in [4.69, 9.17) is 0 Å². The summed E-state index contributed by atoms with van der Waals surface area (Å²) in [6.07, 6.45) is 0. The maximum Gasteiger partial charge on any atom is 0.0652 e. The lowest BCUT2D eigenvalue weighted by molar-refractivity contribution is 0.183. The van der Waals surface area contributed by atoms with E-state index in [1.807, 2.05) is 32.2 Å². The van der Waals surface area contributed by atoms with Crippen LogP contribution < -0.4 is 5.32 Å². The molecule has 0 radical (unpaired) electrons. The molecule has 0 spiro atoms. The third-order valence-electron chi connectivity index (χ3n) is 2.61. The Labute approximate surface area is 79.6 Å². The predicted molar refractivity (Wildman–Crippen MR) is 54.7 cm³/mol. The molecule has 72 valence electrons. The molecule has 2 N–H and O–H groups in total. The molecule has 0 fully saturated rings. The van der Waals surface area contributed by atoms with E-state index >= 15 is 0 Å². The molecular weight excluding hydrogens is 162 g/mol. The summed E-state index contributed by atoms with van der Waals surface area (Å²) in [7, 11) is 1.86. The van der Waals surface area contributed by atoms with Crippen LogP contribution in [0, 0.1) is 6.92 Å². The summed E-state index contributed by atoms with van der Waals surface area (Å²) in [5, 5.41) is 12.4. The predicted octanol–water partition coefficient (Wildman–Crippen LogP) is 1.42. The number of benzene rings is 1. The van der Waals surface area contributed by atoms with Gasteiger partial charge in [-0.05, 0) is 32.0 Å². The first-order valence-electron chi connectivity index (χ1n) is 4.50. The van der Waals surface area contributed by atoms with Gasteiger partial charge in [-0.25, -0.2) is 0 Å². The lowest BCUT2D eigenvalue weighted by atomic mass is 9.89. The van der Waals surface area contributed by atoms with Crippen molar-refractivity contribution in [3.05, 3.63) is 35.4 Å². The first-order valence-corrected chi connectivity index (χ1v) is 4.50. The van der Waals surface area contributed by atoms with E-state index in [2.05, 4.69) is 18.3 Å². The summed E-state index contributed by atoms with van der Waals surface area (Å²) in [5.41, 5.74) is 2.03. The largest absolute Gasteiger partial charge is 0.394 e. The standard InChI is InChI=1S/C11H17NO/c1-9-6-4-5-7-10(9)11(2,8-13)12-3/h4-7,12-13H,8H2,1-3H3. The maximum absolute atomic E-state index is 9.30. The van der Waals surface area contributed by atoms with Gasteiger partial charge in [0.25, 0.3) is 0 Å². The monoisotopic (exact) mass is 179 g/mol. The Hall–Kier alpha value is -0.860. The van der Waals surface area contributed by atoms with Crippen molar-refractivity contribution in [1.29, 1.82) is 0 Å². The van der Waals surface area contributed by atoms with Gasteiger partial charge in [-0.2, -0.15) is 0 Å². The van der Waals surface area contributed by atoms with E-state index in [1.54, 1.807) is 0 Å². The fraction of sp³-hybridized carbons (Fsp3) is 0.455. The molecule has 13 heavy (non-hydrogen) atoms. The van der Waals surface area contributed by atoms with Crippen molar-refractivity contribution < 1.29 is 5.11 Å². The number of likely N-dealkylation sites (N-methyl/N-ethyl adjacent to an activating group) is 1. The molecule has 0 saturated carbocycles. The molecule has 0 amide bonds. The topological polar surface area (TPSA) is 32.3 Å². The average molecular weight is 179 g/mol. The highest BCUT2D eigenvalue weighted by Gasteiger charge is 2.24. The number of hydrogen-bond donors (Lipinski definition) is 2. The Morgan fingerprint density at radius 3 is 2.46 bits per heavy atom. The molecule has 1 atom stereocenters. The first kappa shape index (κ1) is 10.2. The highest BCUT2D eigenvalue weighted by molar-refractivity contribution is 5.32. The second kappa shape index (κ2) is 3.90. The van der Waals surface area contributed by atoms with Crippen molar-refractivity contribution >= 4 is 0 Å². The molecule has 1 aromatic rings. The van der Waals surface area contributed by atoms with Crippen LogP contribution in [0.5, 0.6) is 0 Å². The van der Waals surface area contributed by atoms with E-state index in [-0.39, 0.29) is 12.1 Å². The highest BCUT2D eigenvalue weighted by Crippen LogP contribution is 2.22. The SMILES string of the molecule is CNC(C)(CO)c1ccccc1C. The van der Waals surface area contributed by atoms with Crippen molar-refractivity contribution in [3.63, 3.8) is 0 Å². The minimum Gasteiger partial charge on any atom is -0.394 e. The second-order valence-electron chi connectivity index (χ2n) is 3.56. The highest BCUT2D eigenvalue weighted by atomic mass is 16.3. The van der Waals surface area contributed by atoms with Gasteiger partial charge in [0.2, 0.25) is 0 Å². The van der Waals surface area contributed by atoms with Gasteiger partial charge >= 0.3 is 0 Å². The summed E-state index contributed by atoms with van der Waals surface area (Å²) in [6.45, 7) is 4.16. The molecule has 2 heteroatoms. The van der Waals surface area contributed by atoms with Crippen LogP contribution in [0.2, 0.25) is 0 Å². The summed E-state index contributed by atoms with van der Waals surface area (Å²) < 4.78 is 0. The van der Waals surface area contributed by atoms with Gasteiger partial charge in [0.1, 0.15) is 0 Å². The number of aliphatic hydroxyl groups excluding tert-OH is 1. The van der Waals surface area contributed by atoms with Crippen LogP contribution in [0.4, 0.5) is 0 Å². The molecule has 0 aromatic heterocycles. The minimum absolute atomic E-state index is 0.106. The summed E-state index contributed by atoms with van der Waals surface area (Å²) in [5.74, 6) is 0. The van der Waals surface area contributed by atoms with Crippen molar-refractivity contribution in [2.24, 2.45) is 0 Å². The number of aliphatic hydroxyl groups is 1. The summed E-state index contributed by atoms with van der Waals surface area (Å²) in [4.78, 5) is 0. The van der Waals surface area contributed by atoms with Crippen LogP contribution in [0.15, 0.2) is 24.3 Å². The number of rotatable bonds is 3. The lowest BCUT2D eigenvalue weighted by Crippen LogP contribution is -2.40. The molecule has 0 aliphatic heterocycles. The molecule has 0 heterocycles. The second-order valence-corrected chi connectivity index (χ2v) is 3.56. The Balaban J connectivity index is 3.12. The van der Waals surface area contributed by atoms with Gasteiger partial charge in [0.05, 0.1) is 12.1 Å². The van der Waals surface area contributed by atoms with E-state index < -0.39 is 0 Å². The Morgan fingerprint density at radius 1 is 1.38 bits per heavy atom. The third kappa shape index (κ3) is 1.90. The van der Waals surface area contributed by atoms with Gasteiger partial charge in [-0.3, -0.25) is 0 Å². The van der Waals surface area contributed by atoms with Crippen LogP contribution in [0.1, 0.15) is 18.1 Å². The fourth-order valence-electron chi connectivity index (χ4n) is 1.49. The molecule has 2 nitrogen and oxygen atoms in total. The van der Waals surface area contributed by atoms with Gasteiger partial charge < -0.3 is 10.4 Å². The first-order chi connectivity index (χ1) is 6.14. The van der Waals surface area contributed by atoms with Crippen LogP contribution >= 0.6 is 0 Å². The molecule has 0 bridgehead atoms. The Bertz CT molecular complexity index is 279. The third-order valence-corrected chi connectivity index (χ3v) is 2.61. The van der Waals surface area contributed by atoms with Crippen molar-refractivity contribution in [1.82, 2.24) is 5.32 Å².